The van der Waals surface area contributed by atoms with E-state index in [1.54, 1.807) is 20.8 Å². The Kier molecular flexibility index (Phi) is 5.14. The van der Waals surface area contributed by atoms with Crippen molar-refractivity contribution in [3.8, 4) is 0 Å². The summed E-state index contributed by atoms with van der Waals surface area (Å²) in [5, 5.41) is 14.2. The SMILES string of the molecule is CCNC(=O)C(C)NC(=O)N1CCC(C)C1C(=O)O. The van der Waals surface area contributed by atoms with Crippen LogP contribution in [0.3, 0.4) is 0 Å². The highest BCUT2D eigenvalue weighted by atomic mass is 16.4. The Hall–Kier alpha value is -1.79. The number of carbonyl (C=O) groups excluding carboxylic acids is 2. The fourth-order valence-corrected chi connectivity index (χ4v) is 2.21. The van der Waals surface area contributed by atoms with Crippen LogP contribution in [0.4, 0.5) is 4.79 Å². The molecule has 0 aromatic heterocycles. The van der Waals surface area contributed by atoms with Crippen LogP contribution >= 0.6 is 0 Å². The first-order valence-electron chi connectivity index (χ1n) is 6.46. The lowest BCUT2D eigenvalue weighted by Crippen LogP contribution is -2.53. The minimum atomic E-state index is -1.01. The van der Waals surface area contributed by atoms with Gasteiger partial charge in [-0.15, -0.1) is 0 Å². The molecule has 0 radical (unpaired) electrons. The highest BCUT2D eigenvalue weighted by Gasteiger charge is 2.40. The number of hydrogen-bond acceptors (Lipinski definition) is 3. The minimum Gasteiger partial charge on any atom is -0.480 e. The Labute approximate surface area is 112 Å². The second-order valence-electron chi connectivity index (χ2n) is 4.81. The number of hydrogen-bond donors (Lipinski definition) is 3. The van der Waals surface area contributed by atoms with Crippen LogP contribution in [0.2, 0.25) is 0 Å². The third-order valence-corrected chi connectivity index (χ3v) is 3.30. The van der Waals surface area contributed by atoms with Crippen molar-refractivity contribution in [3.05, 3.63) is 0 Å². The van der Waals surface area contributed by atoms with Crippen molar-refractivity contribution in [2.75, 3.05) is 13.1 Å². The van der Waals surface area contributed by atoms with Crippen LogP contribution in [0, 0.1) is 5.92 Å². The van der Waals surface area contributed by atoms with E-state index in [-0.39, 0.29) is 11.8 Å². The number of likely N-dealkylation sites (N-methyl/N-ethyl adjacent to an activating group) is 1. The molecule has 0 aromatic rings. The summed E-state index contributed by atoms with van der Waals surface area (Å²) < 4.78 is 0. The highest BCUT2D eigenvalue weighted by molar-refractivity contribution is 5.88. The topological polar surface area (TPSA) is 98.7 Å². The first-order valence-corrected chi connectivity index (χ1v) is 6.46. The van der Waals surface area contributed by atoms with Gasteiger partial charge in [0.25, 0.3) is 0 Å². The molecule has 108 valence electrons. The molecule has 7 nitrogen and oxygen atoms in total. The second kappa shape index (κ2) is 6.40. The van der Waals surface area contributed by atoms with Crippen LogP contribution in [0.1, 0.15) is 27.2 Å². The van der Waals surface area contributed by atoms with Gasteiger partial charge in [-0.2, -0.15) is 0 Å². The largest absolute Gasteiger partial charge is 0.480 e. The van der Waals surface area contributed by atoms with Crippen molar-refractivity contribution in [2.45, 2.75) is 39.3 Å². The number of amides is 3. The van der Waals surface area contributed by atoms with Crippen LogP contribution in [0.15, 0.2) is 0 Å². The molecule has 1 fully saturated rings. The fraction of sp³-hybridized carbons (Fsp3) is 0.750. The molecule has 0 spiro atoms. The fourth-order valence-electron chi connectivity index (χ4n) is 2.21. The maximum atomic E-state index is 12.0. The number of nitrogens with zero attached hydrogens (tertiary/aromatic N) is 1. The van der Waals surface area contributed by atoms with Gasteiger partial charge in [0, 0.05) is 13.1 Å². The van der Waals surface area contributed by atoms with E-state index in [0.29, 0.717) is 19.5 Å². The van der Waals surface area contributed by atoms with E-state index >= 15 is 0 Å². The van der Waals surface area contributed by atoms with Gasteiger partial charge in [0.2, 0.25) is 5.91 Å². The van der Waals surface area contributed by atoms with Crippen LogP contribution in [0.5, 0.6) is 0 Å². The lowest BCUT2D eigenvalue weighted by molar-refractivity contribution is -0.142. The molecule has 7 heteroatoms. The normalized spacial score (nSPS) is 23.8. The van der Waals surface area contributed by atoms with Crippen molar-refractivity contribution < 1.29 is 19.5 Å². The zero-order valence-electron chi connectivity index (χ0n) is 11.5. The van der Waals surface area contributed by atoms with Gasteiger partial charge in [0.1, 0.15) is 12.1 Å². The Morgan fingerprint density at radius 1 is 1.42 bits per heavy atom. The quantitative estimate of drug-likeness (QED) is 0.671. The minimum absolute atomic E-state index is 0.0805. The Morgan fingerprint density at radius 3 is 2.58 bits per heavy atom. The monoisotopic (exact) mass is 271 g/mol. The van der Waals surface area contributed by atoms with Crippen molar-refractivity contribution in [1.82, 2.24) is 15.5 Å². The van der Waals surface area contributed by atoms with Gasteiger partial charge in [-0.25, -0.2) is 9.59 Å². The molecule has 1 heterocycles. The number of nitrogens with one attached hydrogen (secondary N) is 2. The molecular formula is C12H21N3O4. The zero-order valence-corrected chi connectivity index (χ0v) is 11.5. The third kappa shape index (κ3) is 3.59. The predicted molar refractivity (Wildman–Crippen MR) is 68.6 cm³/mol. The molecule has 1 aliphatic heterocycles. The van der Waals surface area contributed by atoms with Crippen LogP contribution < -0.4 is 10.6 Å². The van der Waals surface area contributed by atoms with E-state index < -0.39 is 24.1 Å². The number of likely N-dealkylation sites (tertiary alicyclic amines) is 1. The summed E-state index contributed by atoms with van der Waals surface area (Å²) in [5.74, 6) is -1.37. The van der Waals surface area contributed by atoms with E-state index in [9.17, 15) is 14.4 Å². The van der Waals surface area contributed by atoms with Crippen molar-refractivity contribution in [1.29, 1.82) is 0 Å². The van der Waals surface area contributed by atoms with Gasteiger partial charge in [-0.1, -0.05) is 6.92 Å². The Bertz CT molecular complexity index is 372. The lowest BCUT2D eigenvalue weighted by atomic mass is 10.0. The molecular weight excluding hydrogens is 250 g/mol. The Morgan fingerprint density at radius 2 is 2.05 bits per heavy atom. The average molecular weight is 271 g/mol. The predicted octanol–water partition coefficient (Wildman–Crippen LogP) is 0.0156. The summed E-state index contributed by atoms with van der Waals surface area (Å²) in [6, 6.07) is -2.00. The molecule has 1 saturated heterocycles. The molecule has 0 saturated carbocycles. The molecule has 0 aliphatic carbocycles. The number of carboxylic acids is 1. The summed E-state index contributed by atoms with van der Waals surface area (Å²) in [6.07, 6.45) is 0.653. The summed E-state index contributed by atoms with van der Waals surface area (Å²) in [7, 11) is 0. The molecule has 1 rings (SSSR count). The zero-order chi connectivity index (χ0) is 14.6. The van der Waals surface area contributed by atoms with E-state index in [0.717, 1.165) is 0 Å². The first-order chi connectivity index (χ1) is 8.88. The van der Waals surface area contributed by atoms with Crippen LogP contribution in [-0.4, -0.2) is 53.1 Å². The summed E-state index contributed by atoms with van der Waals surface area (Å²) in [5.41, 5.74) is 0. The van der Waals surface area contributed by atoms with Crippen LogP contribution in [0.25, 0.3) is 0 Å². The maximum absolute atomic E-state index is 12.0. The number of urea groups is 1. The van der Waals surface area contributed by atoms with E-state index in [4.69, 9.17) is 5.11 Å². The molecule has 0 aromatic carbocycles. The maximum Gasteiger partial charge on any atom is 0.326 e. The molecule has 0 bridgehead atoms. The van der Waals surface area contributed by atoms with Gasteiger partial charge in [0.05, 0.1) is 0 Å². The third-order valence-electron chi connectivity index (χ3n) is 3.30. The van der Waals surface area contributed by atoms with Crippen molar-refractivity contribution in [2.24, 2.45) is 5.92 Å². The van der Waals surface area contributed by atoms with E-state index in [1.807, 2.05) is 0 Å². The molecule has 3 unspecified atom stereocenters. The molecule has 1 aliphatic rings. The first kappa shape index (κ1) is 15.3. The Balaban J connectivity index is 2.63. The van der Waals surface area contributed by atoms with Crippen molar-refractivity contribution >= 4 is 17.9 Å². The smallest absolute Gasteiger partial charge is 0.326 e. The average Bonchev–Trinajstić information content (AvgIpc) is 2.71. The molecule has 3 amide bonds. The highest BCUT2D eigenvalue weighted by Crippen LogP contribution is 2.24. The van der Waals surface area contributed by atoms with Gasteiger partial charge >= 0.3 is 12.0 Å². The number of rotatable bonds is 4. The second-order valence-corrected chi connectivity index (χ2v) is 4.81. The summed E-state index contributed by atoms with van der Waals surface area (Å²) in [6.45, 7) is 6.04. The summed E-state index contributed by atoms with van der Waals surface area (Å²) in [4.78, 5) is 35.9. The standard InChI is InChI=1S/C12H21N3O4/c1-4-13-10(16)8(3)14-12(19)15-6-5-7(2)9(15)11(17)18/h7-9H,4-6H2,1-3H3,(H,13,16)(H,14,19)(H,17,18). The van der Waals surface area contributed by atoms with Crippen LogP contribution in [-0.2, 0) is 9.59 Å². The van der Waals surface area contributed by atoms with Gasteiger partial charge in [-0.05, 0) is 26.2 Å². The van der Waals surface area contributed by atoms with Gasteiger partial charge in [0.15, 0.2) is 0 Å². The molecule has 19 heavy (non-hydrogen) atoms. The molecule has 3 N–H and O–H groups in total. The number of carboxylic acid groups (broad SMARTS) is 1. The number of carbonyl (C=O) groups is 3. The van der Waals surface area contributed by atoms with E-state index in [2.05, 4.69) is 10.6 Å². The van der Waals surface area contributed by atoms with Crippen molar-refractivity contribution in [3.63, 3.8) is 0 Å². The number of aliphatic carboxylic acids is 1. The van der Waals surface area contributed by atoms with E-state index in [1.165, 1.54) is 4.90 Å². The lowest BCUT2D eigenvalue weighted by Gasteiger charge is -2.25. The van der Waals surface area contributed by atoms with Gasteiger partial charge < -0.3 is 20.6 Å². The summed E-state index contributed by atoms with van der Waals surface area (Å²) >= 11 is 0. The molecule has 3 atom stereocenters. The van der Waals surface area contributed by atoms with Gasteiger partial charge in [-0.3, -0.25) is 4.79 Å².